The fraction of sp³-hybridized carbons (Fsp3) is 0.261. The predicted molar refractivity (Wildman–Crippen MR) is 433 cm³/mol. The third-order valence-electron chi connectivity index (χ3n) is 5.83. The fourth-order valence-corrected chi connectivity index (χ4v) is 3.16. The summed E-state index contributed by atoms with van der Waals surface area (Å²) in [4.78, 5) is 24.4. The van der Waals surface area contributed by atoms with E-state index in [2.05, 4.69) is 293 Å². The molecule has 1 aliphatic heterocycles. The Balaban J connectivity index is -0.00000000968. The van der Waals surface area contributed by atoms with E-state index in [1.165, 1.54) is 0 Å². The Morgan fingerprint density at radius 1 is 0.446 bits per heavy atom. The van der Waals surface area contributed by atoms with Gasteiger partial charge in [-0.2, -0.15) is 0 Å². The van der Waals surface area contributed by atoms with Crippen LogP contribution >= 0.6 is 0 Å². The molecule has 502 valence electrons. The second-order valence-corrected chi connectivity index (χ2v) is 11.2. The summed E-state index contributed by atoms with van der Waals surface area (Å²) in [6.45, 7) is 13.8. The van der Waals surface area contributed by atoms with Crippen molar-refractivity contribution in [3.63, 3.8) is 0 Å². The van der Waals surface area contributed by atoms with Gasteiger partial charge in [0.1, 0.15) is 0 Å². The average molecular weight is 1190 g/mol. The van der Waals surface area contributed by atoms with Gasteiger partial charge in [0.25, 0.3) is 6.47 Å². The van der Waals surface area contributed by atoms with E-state index in [4.69, 9.17) is 45.7 Å². The first kappa shape index (κ1) is 93.1. The summed E-state index contributed by atoms with van der Waals surface area (Å²) in [6, 6.07) is 0. The standard InChI is InChI=1S/C22H13N3.2C17H4.C5H13N3O.C4H13N3.CH2O2.3CH4.2H2O.43H2/c1-2-3-4-5-6-7-8-9-10-11-12-13-14-15-16-17-22-24-19-21-25(22)20-18-23;2*1-3-5-7-9-11-13-15-17-16-14-12-10-8-6-4-2;6-1-2-7-3-4-8-5-9;5-1-3-7-4-2-6;2-1-3;;;;;;;;;;;;;;;;;;;;;;;;;;;;;;;;;;;;;;;;;;;;;;;;/h18-21,23H2,1H3;2*1H,2H3;5,7H,1-4,6H2,(H,8,9);7H,1-6H2;1H,(H,2,3);3*1H4;2*1H2;43*1H. The van der Waals surface area contributed by atoms with Gasteiger partial charge >= 0.3 is 0 Å². The molecule has 0 radical (unpaired) electrons. The molecule has 14 nitrogen and oxygen atoms in total. The van der Waals surface area contributed by atoms with E-state index in [1.807, 2.05) is 4.90 Å². The van der Waals surface area contributed by atoms with Crippen molar-refractivity contribution in [1.29, 1.82) is 0 Å². The van der Waals surface area contributed by atoms with Gasteiger partial charge in [-0.1, -0.05) is 40.0 Å². The lowest BCUT2D eigenvalue weighted by atomic mass is 10.4. The van der Waals surface area contributed by atoms with Crippen LogP contribution in [-0.4, -0.2) is 118 Å². The van der Waals surface area contributed by atoms with Crippen molar-refractivity contribution in [3.8, 4) is 285 Å². The highest BCUT2D eigenvalue weighted by Crippen LogP contribution is 1.99. The van der Waals surface area contributed by atoms with Gasteiger partial charge in [-0.05, 0) is 275 Å². The monoisotopic (exact) mass is 1190 g/mol. The number of carbonyl (C=O) groups is 2. The molecule has 1 amide bonds. The molecule has 0 atom stereocenters. The number of terminal acetylenes is 2. The van der Waals surface area contributed by atoms with Gasteiger partial charge in [0, 0.05) is 133 Å². The number of nitrogens with one attached hydrogen (secondary N) is 3. The van der Waals surface area contributed by atoms with Gasteiger partial charge < -0.3 is 59.8 Å². The quantitative estimate of drug-likeness (QED) is 0.0525. The van der Waals surface area contributed by atoms with Gasteiger partial charge in [0.15, 0.2) is 5.84 Å². The number of rotatable bonds is 12. The van der Waals surface area contributed by atoms with Crippen molar-refractivity contribution < 1.29 is 87.0 Å². The third kappa shape index (κ3) is 103. The highest BCUT2D eigenvalue weighted by molar-refractivity contribution is 6.00. The van der Waals surface area contributed by atoms with E-state index in [9.17, 15) is 4.79 Å². The van der Waals surface area contributed by atoms with Crippen LogP contribution in [0.2, 0.25) is 0 Å². The molecule has 1 aliphatic rings. The molecule has 0 aromatic heterocycles. The van der Waals surface area contributed by atoms with E-state index < -0.39 is 0 Å². The van der Waals surface area contributed by atoms with Crippen molar-refractivity contribution in [2.75, 3.05) is 78.5 Å². The first-order valence-electron chi connectivity index (χ1n) is 21.9. The van der Waals surface area contributed by atoms with E-state index in [1.54, 1.807) is 20.8 Å². The highest BCUT2D eigenvalue weighted by atomic mass is 16.3. The first-order chi connectivity index (χ1) is 38.5. The van der Waals surface area contributed by atoms with Crippen LogP contribution in [0.1, 0.15) is 104 Å². The van der Waals surface area contributed by atoms with Crippen molar-refractivity contribution in [2.45, 2.75) is 43.1 Å². The van der Waals surface area contributed by atoms with Crippen molar-refractivity contribution in [1.82, 2.24) is 20.9 Å². The Morgan fingerprint density at radius 2 is 0.699 bits per heavy atom. The first-order valence-corrected chi connectivity index (χ1v) is 21.9. The molecule has 0 fully saturated rings. The number of amidine groups is 1. The van der Waals surface area contributed by atoms with Gasteiger partial charge in [0.05, 0.1) is 6.54 Å². The normalized spacial score (nSPS) is 6.23. The lowest BCUT2D eigenvalue weighted by Crippen LogP contribution is -2.31. The largest absolute Gasteiger partial charge is 0.483 e. The number of hydrogen-bond acceptors (Lipinski definition) is 10. The zero-order chi connectivity index (χ0) is 58.4. The second kappa shape index (κ2) is 98.7. The van der Waals surface area contributed by atoms with Crippen LogP contribution in [0.5, 0.6) is 0 Å². The van der Waals surface area contributed by atoms with Crippen LogP contribution in [0, 0.1) is 285 Å². The number of carbonyl (C=O) groups excluding carboxylic acids is 1. The Morgan fingerprint density at radius 3 is 0.940 bits per heavy atom. The van der Waals surface area contributed by atoms with Gasteiger partial charge in [-0.15, -0.1) is 12.8 Å². The van der Waals surface area contributed by atoms with Crippen LogP contribution in [0.4, 0.5) is 0 Å². The molecule has 0 aromatic carbocycles. The maximum absolute atomic E-state index is 9.67. The molecule has 1 heterocycles. The molecule has 0 unspecified atom stereocenters. The van der Waals surface area contributed by atoms with Gasteiger partial charge in [-0.25, -0.2) is 0 Å². The Labute approximate surface area is 561 Å². The van der Waals surface area contributed by atoms with Gasteiger partial charge in [-0.3, -0.25) is 14.6 Å². The summed E-state index contributed by atoms with van der Waals surface area (Å²) >= 11 is 0. The number of nitrogens with two attached hydrogens (primary N) is 4. The topological polar surface area (TPSA) is 273 Å². The minimum Gasteiger partial charge on any atom is -0.483 e. The minimum absolute atomic E-state index is 0. The lowest BCUT2D eigenvalue weighted by molar-refractivity contribution is -0.122. The Bertz CT molecular complexity index is 3530. The SMILES string of the molecule is C.C.C.C#CC#CC#CC#CC#CC#CC#CC#CC.C#CC#CC#CC#CC#CC#CC#CC#CC.CC#CC#CC#CC#CC#CC#CC#CC#CC1=NCCN1CCN.NCCNCCN.NCCNCCNC=O.O.O.O=CO.[HH].[HH].[HH].[HH].[HH].[HH].[HH].[HH].[HH].[HH].[HH].[HH].[HH].[HH].[HH].[HH].[HH].[HH].[HH].[HH].[HH].[HH].[HH].[HH].[HH].[HH].[HH].[HH].[HH].[HH].[HH].[HH].[HH].[HH].[HH].[HH].[HH].[HH].[HH].[HH].[HH].[HH].[HH]. The molecule has 0 saturated heterocycles. The Hall–Kier alpha value is -12.5. The second-order valence-electron chi connectivity index (χ2n) is 11.2. The zero-order valence-corrected chi connectivity index (χ0v) is 44.3. The van der Waals surface area contributed by atoms with Crippen molar-refractivity contribution in [2.24, 2.45) is 27.9 Å². The number of amides is 1. The average Bonchev–Trinajstić information content (AvgIpc) is 1.78. The van der Waals surface area contributed by atoms with Crippen LogP contribution in [0.3, 0.4) is 0 Å². The summed E-state index contributed by atoms with van der Waals surface area (Å²) in [5, 5.41) is 15.5. The molecular weight excluding hydrogens is 1030 g/mol. The molecule has 0 aliphatic carbocycles. The summed E-state index contributed by atoms with van der Waals surface area (Å²) in [5.74, 6) is 116. The zero-order valence-electron chi connectivity index (χ0n) is 44.3. The summed E-state index contributed by atoms with van der Waals surface area (Å²) < 4.78 is 0. The molecule has 16 N–H and O–H groups in total. The maximum Gasteiger partial charge on any atom is 0.290 e. The summed E-state index contributed by atoms with van der Waals surface area (Å²) in [6.07, 6.45) is 10.5. The summed E-state index contributed by atoms with van der Waals surface area (Å²) in [7, 11) is 0. The predicted octanol–water partition coefficient (Wildman–Crippen LogP) is 8.34. The number of carboxylic acid groups (broad SMARTS) is 1. The van der Waals surface area contributed by atoms with Crippen LogP contribution in [0.15, 0.2) is 4.99 Å². The van der Waals surface area contributed by atoms with Crippen molar-refractivity contribution in [3.05, 3.63) is 0 Å². The van der Waals surface area contributed by atoms with E-state index in [-0.39, 0.29) is 101 Å². The van der Waals surface area contributed by atoms with Gasteiger partial charge in [0.2, 0.25) is 6.41 Å². The smallest absolute Gasteiger partial charge is 0.290 e. The molecule has 14 heteroatoms. The lowest BCUT2D eigenvalue weighted by Gasteiger charge is -2.14. The number of hydrogen-bond donors (Lipinski definition) is 8. The highest BCUT2D eigenvalue weighted by Gasteiger charge is 2.12. The van der Waals surface area contributed by atoms with E-state index in [0.717, 1.165) is 51.6 Å². The van der Waals surface area contributed by atoms with E-state index in [0.29, 0.717) is 39.1 Å². The molecule has 1 rings (SSSR count). The third-order valence-corrected chi connectivity index (χ3v) is 5.83. The van der Waals surface area contributed by atoms with E-state index >= 15 is 0 Å². The molecular formula is C69H151N9O5. The number of nitrogens with zero attached hydrogens (tertiary/aromatic N) is 2. The van der Waals surface area contributed by atoms with Crippen LogP contribution < -0.4 is 38.9 Å². The molecule has 0 bridgehead atoms. The molecule has 0 saturated carbocycles. The maximum atomic E-state index is 9.67. The molecule has 83 heavy (non-hydrogen) atoms. The van der Waals surface area contributed by atoms with Crippen LogP contribution in [-0.2, 0) is 9.59 Å². The number of aliphatic imine (C=N–C) groups is 1. The molecule has 0 aromatic rings. The summed E-state index contributed by atoms with van der Waals surface area (Å²) in [5.41, 5.74) is 21.0. The Kier molecular flexibility index (Phi) is 111. The minimum atomic E-state index is -0.250. The molecule has 0 spiro atoms. The van der Waals surface area contributed by atoms with Crippen molar-refractivity contribution >= 4 is 18.7 Å². The fourth-order valence-electron chi connectivity index (χ4n) is 3.16. The van der Waals surface area contributed by atoms with Crippen LogP contribution in [0.25, 0.3) is 0 Å².